The number of aryl methyl sites for hydroxylation is 3. The van der Waals surface area contributed by atoms with Gasteiger partial charge in [-0.15, -0.1) is 11.3 Å². The summed E-state index contributed by atoms with van der Waals surface area (Å²) in [6, 6.07) is 5.83. The van der Waals surface area contributed by atoms with Gasteiger partial charge < -0.3 is 9.72 Å². The average molecular weight is 464 g/mol. The first-order chi connectivity index (χ1) is 16.0. The van der Waals surface area contributed by atoms with E-state index in [0.29, 0.717) is 32.8 Å². The summed E-state index contributed by atoms with van der Waals surface area (Å²) in [5.41, 5.74) is 3.04. The molecule has 3 aromatic heterocycles. The van der Waals surface area contributed by atoms with E-state index in [1.165, 1.54) is 11.3 Å². The Kier molecular flexibility index (Phi) is 5.62. The van der Waals surface area contributed by atoms with E-state index in [1.807, 2.05) is 18.2 Å². The molecular formula is C25H25N3O4S. The Morgan fingerprint density at radius 1 is 1.24 bits per heavy atom. The number of fused-ring (bicyclic) bond motifs is 3. The van der Waals surface area contributed by atoms with Crippen LogP contribution in [0.15, 0.2) is 29.2 Å². The zero-order valence-corrected chi connectivity index (χ0v) is 19.5. The van der Waals surface area contributed by atoms with Gasteiger partial charge in [-0.25, -0.2) is 9.78 Å². The minimum atomic E-state index is -0.600. The maximum Gasteiger partial charge on any atom is 0.349 e. The molecule has 0 fully saturated rings. The van der Waals surface area contributed by atoms with Gasteiger partial charge in [0.15, 0.2) is 6.61 Å². The molecule has 7 nitrogen and oxygen atoms in total. The van der Waals surface area contributed by atoms with Crippen LogP contribution in [0.25, 0.3) is 21.1 Å². The van der Waals surface area contributed by atoms with Crippen molar-refractivity contribution in [3.63, 3.8) is 0 Å². The monoisotopic (exact) mass is 463 g/mol. The van der Waals surface area contributed by atoms with Gasteiger partial charge in [-0.3, -0.25) is 14.2 Å². The average Bonchev–Trinajstić information content (AvgIpc) is 3.30. The molecule has 0 bridgehead atoms. The van der Waals surface area contributed by atoms with Crippen LogP contribution in [-0.2, 0) is 24.1 Å². The van der Waals surface area contributed by atoms with Crippen LogP contribution in [0.5, 0.6) is 0 Å². The second-order valence-electron chi connectivity index (χ2n) is 8.43. The highest BCUT2D eigenvalue weighted by Crippen LogP contribution is 2.29. The van der Waals surface area contributed by atoms with Crippen LogP contribution >= 0.6 is 11.3 Å². The molecule has 1 aliphatic heterocycles. The molecule has 33 heavy (non-hydrogen) atoms. The van der Waals surface area contributed by atoms with Crippen LogP contribution < -0.4 is 5.56 Å². The molecule has 0 atom stereocenters. The number of aromatic nitrogens is 3. The summed E-state index contributed by atoms with van der Waals surface area (Å²) in [6.45, 7) is 4.10. The molecule has 0 aliphatic carbocycles. The summed E-state index contributed by atoms with van der Waals surface area (Å²) in [7, 11) is 0. The SMILES string of the molecule is CCc1cccc2c(C(=O)COC(=O)c3sc4nc5n(c(=O)c4c3C)CCCCC5)c[nH]c12. The van der Waals surface area contributed by atoms with Crippen LogP contribution in [0.1, 0.15) is 63.2 Å². The lowest BCUT2D eigenvalue weighted by molar-refractivity contribution is 0.0479. The topological polar surface area (TPSA) is 94.1 Å². The summed E-state index contributed by atoms with van der Waals surface area (Å²) in [5, 5.41) is 1.31. The van der Waals surface area contributed by atoms with Crippen LogP contribution in [-0.4, -0.2) is 32.9 Å². The first-order valence-electron chi connectivity index (χ1n) is 11.3. The third-order valence-electron chi connectivity index (χ3n) is 6.41. The summed E-state index contributed by atoms with van der Waals surface area (Å²) in [4.78, 5) is 47.5. The van der Waals surface area contributed by atoms with Crippen LogP contribution in [0.4, 0.5) is 0 Å². The summed E-state index contributed by atoms with van der Waals surface area (Å²) >= 11 is 1.17. The Morgan fingerprint density at radius 2 is 2.09 bits per heavy atom. The number of carbonyl (C=O) groups is 2. The Bertz CT molecular complexity index is 1460. The number of thiophene rings is 1. The Hall–Kier alpha value is -3.26. The number of benzene rings is 1. The predicted molar refractivity (Wildman–Crippen MR) is 128 cm³/mol. The molecule has 170 valence electrons. The number of esters is 1. The fraction of sp³-hybridized carbons (Fsp3) is 0.360. The number of ether oxygens (including phenoxy) is 1. The molecule has 1 aliphatic rings. The number of nitrogens with one attached hydrogen (secondary N) is 1. The number of rotatable bonds is 5. The molecule has 5 rings (SSSR count). The van der Waals surface area contributed by atoms with Crippen molar-refractivity contribution in [2.45, 2.75) is 52.5 Å². The van der Waals surface area contributed by atoms with E-state index in [1.54, 1.807) is 17.7 Å². The highest BCUT2D eigenvalue weighted by atomic mass is 32.1. The van der Waals surface area contributed by atoms with Gasteiger partial charge in [-0.1, -0.05) is 31.5 Å². The molecular weight excluding hydrogens is 438 g/mol. The molecule has 0 amide bonds. The van der Waals surface area contributed by atoms with Gasteiger partial charge in [0.05, 0.1) is 5.39 Å². The Morgan fingerprint density at radius 3 is 2.91 bits per heavy atom. The van der Waals surface area contributed by atoms with Gasteiger partial charge in [0.2, 0.25) is 5.78 Å². The van der Waals surface area contributed by atoms with E-state index in [4.69, 9.17) is 4.74 Å². The molecule has 8 heteroatoms. The highest BCUT2D eigenvalue weighted by molar-refractivity contribution is 7.20. The molecule has 0 radical (unpaired) electrons. The lowest BCUT2D eigenvalue weighted by Gasteiger charge is -2.08. The van der Waals surface area contributed by atoms with E-state index in [0.717, 1.165) is 54.4 Å². The van der Waals surface area contributed by atoms with Gasteiger partial charge in [0, 0.05) is 35.6 Å². The molecule has 4 aromatic rings. The Balaban J connectivity index is 1.40. The molecule has 1 aromatic carbocycles. The fourth-order valence-electron chi connectivity index (χ4n) is 4.62. The van der Waals surface area contributed by atoms with Crippen molar-refractivity contribution in [2.75, 3.05) is 6.61 Å². The fourth-order valence-corrected chi connectivity index (χ4v) is 5.71. The lowest BCUT2D eigenvalue weighted by Crippen LogP contribution is -2.24. The van der Waals surface area contributed by atoms with Gasteiger partial charge in [0.25, 0.3) is 5.56 Å². The molecule has 0 spiro atoms. The standard InChI is InChI=1S/C25H25N3O4S/c1-3-15-8-7-9-16-17(12-26-21(15)16)18(29)13-32-25(31)22-14(2)20-23(33-22)27-19-10-5-4-6-11-28(19)24(20)30/h7-9,12,26H,3-6,10-11,13H2,1-2H3. The summed E-state index contributed by atoms with van der Waals surface area (Å²) in [5.74, 6) is -0.0869. The minimum absolute atomic E-state index is 0.0914. The van der Waals surface area contributed by atoms with Crippen molar-refractivity contribution in [2.24, 2.45) is 0 Å². The number of ketones is 1. The first kappa shape index (κ1) is 21.6. The number of aromatic amines is 1. The molecule has 0 saturated carbocycles. The quantitative estimate of drug-likeness (QED) is 0.345. The van der Waals surface area contributed by atoms with Gasteiger partial charge >= 0.3 is 5.97 Å². The maximum absolute atomic E-state index is 13.1. The maximum atomic E-state index is 13.1. The van der Waals surface area contributed by atoms with Crippen molar-refractivity contribution >= 4 is 44.2 Å². The molecule has 1 N–H and O–H groups in total. The third-order valence-corrected chi connectivity index (χ3v) is 7.58. The van der Waals surface area contributed by atoms with Crippen LogP contribution in [0.2, 0.25) is 0 Å². The van der Waals surface area contributed by atoms with Crippen LogP contribution in [0, 0.1) is 6.92 Å². The normalized spacial score (nSPS) is 13.8. The van der Waals surface area contributed by atoms with E-state index in [-0.39, 0.29) is 17.9 Å². The number of hydrogen-bond acceptors (Lipinski definition) is 6. The minimum Gasteiger partial charge on any atom is -0.453 e. The molecule has 0 saturated heterocycles. The number of hydrogen-bond donors (Lipinski definition) is 1. The second kappa shape index (κ2) is 8.59. The highest BCUT2D eigenvalue weighted by Gasteiger charge is 2.24. The lowest BCUT2D eigenvalue weighted by atomic mass is 10.1. The van der Waals surface area contributed by atoms with Crippen molar-refractivity contribution in [3.05, 3.63) is 62.1 Å². The largest absolute Gasteiger partial charge is 0.453 e. The van der Waals surface area contributed by atoms with Crippen molar-refractivity contribution in [1.82, 2.24) is 14.5 Å². The number of nitrogens with zero attached hydrogens (tertiary/aromatic N) is 2. The van der Waals surface area contributed by atoms with Gasteiger partial charge in [-0.2, -0.15) is 0 Å². The number of para-hydroxylation sites is 1. The predicted octanol–water partition coefficient (Wildman–Crippen LogP) is 4.58. The van der Waals surface area contributed by atoms with E-state index in [2.05, 4.69) is 16.9 Å². The first-order valence-corrected chi connectivity index (χ1v) is 12.1. The van der Waals surface area contributed by atoms with E-state index >= 15 is 0 Å². The Labute approximate surface area is 194 Å². The number of carbonyl (C=O) groups excluding carboxylic acids is 2. The zero-order chi connectivity index (χ0) is 23.1. The van der Waals surface area contributed by atoms with Crippen molar-refractivity contribution in [1.29, 1.82) is 0 Å². The van der Waals surface area contributed by atoms with E-state index < -0.39 is 5.97 Å². The summed E-state index contributed by atoms with van der Waals surface area (Å²) < 4.78 is 7.13. The third kappa shape index (κ3) is 3.68. The molecule has 0 unspecified atom stereocenters. The second-order valence-corrected chi connectivity index (χ2v) is 9.43. The molecule has 4 heterocycles. The number of H-pyrrole nitrogens is 1. The summed E-state index contributed by atoms with van der Waals surface area (Å²) in [6.07, 6.45) is 6.32. The van der Waals surface area contributed by atoms with Crippen molar-refractivity contribution < 1.29 is 14.3 Å². The zero-order valence-electron chi connectivity index (χ0n) is 18.7. The van der Waals surface area contributed by atoms with Gasteiger partial charge in [-0.05, 0) is 37.3 Å². The van der Waals surface area contributed by atoms with Crippen molar-refractivity contribution in [3.8, 4) is 0 Å². The number of Topliss-reactive ketones (excluding diaryl/α,β-unsaturated/α-hetero) is 1. The smallest absolute Gasteiger partial charge is 0.349 e. The van der Waals surface area contributed by atoms with Crippen LogP contribution in [0.3, 0.4) is 0 Å². The van der Waals surface area contributed by atoms with Gasteiger partial charge in [0.1, 0.15) is 15.5 Å². The van der Waals surface area contributed by atoms with E-state index in [9.17, 15) is 14.4 Å².